The van der Waals surface area contributed by atoms with Crippen LogP contribution < -0.4 is 5.32 Å². The lowest BCUT2D eigenvalue weighted by Crippen LogP contribution is -2.43. The molecule has 1 fully saturated rings. The number of fused-ring (bicyclic) bond motifs is 1. The number of carbonyl (C=O) groups is 1. The third-order valence-corrected chi connectivity index (χ3v) is 4.44. The lowest BCUT2D eigenvalue weighted by molar-refractivity contribution is -0.0247. The zero-order valence-corrected chi connectivity index (χ0v) is 14.4. The third-order valence-electron chi connectivity index (χ3n) is 4.44. The number of para-hydroxylation sites is 1. The largest absolute Gasteiger partial charge is 0.372 e. The Morgan fingerprint density at radius 3 is 2.92 bits per heavy atom. The second-order valence-electron chi connectivity index (χ2n) is 6.04. The van der Waals surface area contributed by atoms with Crippen molar-refractivity contribution in [3.63, 3.8) is 0 Å². The van der Waals surface area contributed by atoms with E-state index in [4.69, 9.17) is 4.74 Å². The normalized spacial score (nSPS) is 17.3. The molecule has 1 aliphatic heterocycles. The fourth-order valence-electron chi connectivity index (χ4n) is 3.12. The van der Waals surface area contributed by atoms with Gasteiger partial charge in [0.1, 0.15) is 23.3 Å². The second-order valence-corrected chi connectivity index (χ2v) is 6.04. The fourth-order valence-corrected chi connectivity index (χ4v) is 3.12. The highest BCUT2D eigenvalue weighted by molar-refractivity contribution is 5.95. The maximum atomic E-state index is 12.9. The van der Waals surface area contributed by atoms with Crippen LogP contribution in [0.5, 0.6) is 0 Å². The first kappa shape index (κ1) is 16.4. The lowest BCUT2D eigenvalue weighted by atomic mass is 10.1. The Balaban J connectivity index is 1.57. The summed E-state index contributed by atoms with van der Waals surface area (Å²) in [6.07, 6.45) is 2.94. The van der Waals surface area contributed by atoms with E-state index in [1.165, 1.54) is 0 Å². The van der Waals surface area contributed by atoms with Crippen molar-refractivity contribution < 1.29 is 9.53 Å². The number of amides is 1. The van der Waals surface area contributed by atoms with Gasteiger partial charge >= 0.3 is 0 Å². The number of benzene rings is 1. The van der Waals surface area contributed by atoms with Crippen molar-refractivity contribution >= 4 is 22.6 Å². The van der Waals surface area contributed by atoms with Crippen LogP contribution >= 0.6 is 0 Å². The molecule has 7 heteroatoms. The highest BCUT2D eigenvalue weighted by Gasteiger charge is 2.29. The summed E-state index contributed by atoms with van der Waals surface area (Å²) in [6.45, 7) is 1.39. The Bertz CT molecular complexity index is 946. The van der Waals surface area contributed by atoms with Gasteiger partial charge in [-0.05, 0) is 12.1 Å². The molecule has 1 aromatic carbocycles. The average molecular weight is 349 g/mol. The lowest BCUT2D eigenvalue weighted by Gasteiger charge is -2.32. The van der Waals surface area contributed by atoms with E-state index >= 15 is 0 Å². The first-order valence-corrected chi connectivity index (χ1v) is 8.51. The highest BCUT2D eigenvalue weighted by atomic mass is 16.5. The Morgan fingerprint density at radius 1 is 1.19 bits per heavy atom. The van der Waals surface area contributed by atoms with Gasteiger partial charge < -0.3 is 15.0 Å². The van der Waals surface area contributed by atoms with Gasteiger partial charge in [0, 0.05) is 31.4 Å². The minimum absolute atomic E-state index is 0.0982. The molecule has 0 unspecified atom stereocenters. The number of hydrogen-bond acceptors (Lipinski definition) is 6. The van der Waals surface area contributed by atoms with Gasteiger partial charge in [0.25, 0.3) is 5.91 Å². The van der Waals surface area contributed by atoms with Gasteiger partial charge in [-0.1, -0.05) is 24.3 Å². The Labute approximate surface area is 151 Å². The number of anilines is 1. The first-order valence-electron chi connectivity index (χ1n) is 8.51. The quantitative estimate of drug-likeness (QED) is 0.781. The van der Waals surface area contributed by atoms with Crippen molar-refractivity contribution in [2.24, 2.45) is 0 Å². The zero-order chi connectivity index (χ0) is 17.9. The molecule has 0 radical (unpaired) electrons. The Hall–Kier alpha value is -3.06. The highest BCUT2D eigenvalue weighted by Crippen LogP contribution is 2.26. The molecule has 3 aromatic rings. The molecule has 1 saturated heterocycles. The monoisotopic (exact) mass is 349 g/mol. The van der Waals surface area contributed by atoms with E-state index in [9.17, 15) is 4.79 Å². The SMILES string of the molecule is CNc1nccnc1[C@H]1CN(C(=O)c2ccc3ccccc3n2)CCO1. The number of pyridine rings is 1. The molecule has 1 N–H and O–H groups in total. The predicted octanol–water partition coefficient (Wildman–Crippen LogP) is 2.28. The van der Waals surface area contributed by atoms with Crippen LogP contribution in [0.1, 0.15) is 22.3 Å². The molecule has 2 aromatic heterocycles. The molecular weight excluding hydrogens is 330 g/mol. The molecule has 0 aliphatic carbocycles. The smallest absolute Gasteiger partial charge is 0.272 e. The second kappa shape index (κ2) is 7.05. The van der Waals surface area contributed by atoms with Gasteiger partial charge in [-0.3, -0.25) is 9.78 Å². The van der Waals surface area contributed by atoms with E-state index in [0.717, 1.165) is 10.9 Å². The van der Waals surface area contributed by atoms with E-state index in [0.29, 0.717) is 36.9 Å². The van der Waals surface area contributed by atoms with Crippen LogP contribution in [0.25, 0.3) is 10.9 Å². The molecule has 3 heterocycles. The number of rotatable bonds is 3. The molecule has 0 spiro atoms. The van der Waals surface area contributed by atoms with Crippen LogP contribution in [0.4, 0.5) is 5.82 Å². The Kier molecular flexibility index (Phi) is 4.45. The maximum absolute atomic E-state index is 12.9. The van der Waals surface area contributed by atoms with Crippen LogP contribution in [0.2, 0.25) is 0 Å². The van der Waals surface area contributed by atoms with E-state index in [1.54, 1.807) is 30.4 Å². The number of carbonyl (C=O) groups excluding carboxylic acids is 1. The Morgan fingerprint density at radius 2 is 2.04 bits per heavy atom. The van der Waals surface area contributed by atoms with Crippen molar-refractivity contribution in [2.45, 2.75) is 6.10 Å². The van der Waals surface area contributed by atoms with Crippen LogP contribution in [0.15, 0.2) is 48.8 Å². The number of morpholine rings is 1. The third kappa shape index (κ3) is 3.09. The van der Waals surface area contributed by atoms with Gasteiger partial charge in [0.2, 0.25) is 0 Å². The molecule has 26 heavy (non-hydrogen) atoms. The summed E-state index contributed by atoms with van der Waals surface area (Å²) in [5, 5.41) is 4.04. The average Bonchev–Trinajstić information content (AvgIpc) is 2.73. The number of aromatic nitrogens is 3. The number of nitrogens with zero attached hydrogens (tertiary/aromatic N) is 4. The summed E-state index contributed by atoms with van der Waals surface area (Å²) in [5.41, 5.74) is 1.96. The van der Waals surface area contributed by atoms with Crippen molar-refractivity contribution in [3.8, 4) is 0 Å². The minimum Gasteiger partial charge on any atom is -0.372 e. The number of ether oxygens (including phenoxy) is 1. The molecule has 0 bridgehead atoms. The fraction of sp³-hybridized carbons (Fsp3) is 0.263. The van der Waals surface area contributed by atoms with Crippen LogP contribution in [0.3, 0.4) is 0 Å². The van der Waals surface area contributed by atoms with Crippen molar-refractivity contribution in [2.75, 3.05) is 32.1 Å². The topological polar surface area (TPSA) is 80.2 Å². The van der Waals surface area contributed by atoms with E-state index in [-0.39, 0.29) is 12.0 Å². The summed E-state index contributed by atoms with van der Waals surface area (Å²) in [4.78, 5) is 27.8. The van der Waals surface area contributed by atoms with Crippen molar-refractivity contribution in [1.82, 2.24) is 19.9 Å². The molecular formula is C19H19N5O2. The number of hydrogen-bond donors (Lipinski definition) is 1. The van der Waals surface area contributed by atoms with E-state index < -0.39 is 0 Å². The van der Waals surface area contributed by atoms with Crippen LogP contribution in [0, 0.1) is 0 Å². The van der Waals surface area contributed by atoms with Crippen LogP contribution in [-0.4, -0.2) is 52.5 Å². The maximum Gasteiger partial charge on any atom is 0.272 e. The molecule has 4 rings (SSSR count). The molecule has 132 valence electrons. The summed E-state index contributed by atoms with van der Waals surface area (Å²) in [7, 11) is 1.79. The van der Waals surface area contributed by atoms with Gasteiger partial charge in [-0.2, -0.15) is 0 Å². The first-order chi connectivity index (χ1) is 12.8. The molecule has 7 nitrogen and oxygen atoms in total. The van der Waals surface area contributed by atoms with Crippen LogP contribution in [-0.2, 0) is 4.74 Å². The zero-order valence-electron chi connectivity index (χ0n) is 14.4. The predicted molar refractivity (Wildman–Crippen MR) is 97.9 cm³/mol. The van der Waals surface area contributed by atoms with Crippen molar-refractivity contribution in [1.29, 1.82) is 0 Å². The van der Waals surface area contributed by atoms with Gasteiger partial charge in [-0.15, -0.1) is 0 Å². The summed E-state index contributed by atoms with van der Waals surface area (Å²) in [6, 6.07) is 11.5. The van der Waals surface area contributed by atoms with E-state index in [2.05, 4.69) is 20.3 Å². The molecule has 1 atom stereocenters. The van der Waals surface area contributed by atoms with Gasteiger partial charge in [0.15, 0.2) is 0 Å². The number of nitrogens with one attached hydrogen (secondary N) is 1. The summed E-state index contributed by atoms with van der Waals surface area (Å²) < 4.78 is 5.84. The van der Waals surface area contributed by atoms with E-state index in [1.807, 2.05) is 30.3 Å². The van der Waals surface area contributed by atoms with Crippen molar-refractivity contribution in [3.05, 3.63) is 60.2 Å². The van der Waals surface area contributed by atoms with Gasteiger partial charge in [-0.25, -0.2) is 9.97 Å². The summed E-state index contributed by atoms with van der Waals surface area (Å²) in [5.74, 6) is 0.564. The molecule has 1 aliphatic rings. The molecule has 0 saturated carbocycles. The minimum atomic E-state index is -0.315. The molecule has 1 amide bonds. The standard InChI is InChI=1S/C19H19N5O2/c1-20-18-17(21-8-9-22-18)16-12-24(10-11-26-16)19(25)15-7-6-13-4-2-3-5-14(13)23-15/h2-9,16H,10-12H2,1H3,(H,20,22)/t16-/m1/s1. The van der Waals surface area contributed by atoms with Gasteiger partial charge in [0.05, 0.1) is 18.7 Å². The summed E-state index contributed by atoms with van der Waals surface area (Å²) >= 11 is 0.